The van der Waals surface area contributed by atoms with Gasteiger partial charge < -0.3 is 24.8 Å². The van der Waals surface area contributed by atoms with Gasteiger partial charge in [-0.25, -0.2) is 4.39 Å². The fraction of sp³-hybridized carbons (Fsp3) is 0.241. The van der Waals surface area contributed by atoms with Crippen molar-refractivity contribution in [3.63, 3.8) is 0 Å². The molecule has 1 fully saturated rings. The third kappa shape index (κ3) is 5.73. The first kappa shape index (κ1) is 25.3. The highest BCUT2D eigenvalue weighted by Crippen LogP contribution is 2.32. The smallest absolute Gasteiger partial charge is 0.265 e. The van der Waals surface area contributed by atoms with Crippen molar-refractivity contribution in [3.8, 4) is 11.5 Å². The number of carbonyl (C=O) groups is 2. The molecule has 1 saturated heterocycles. The first-order valence-electron chi connectivity index (χ1n) is 12.7. The number of morpholine rings is 1. The average Bonchev–Trinajstić information content (AvgIpc) is 3.39. The Morgan fingerprint density at radius 1 is 0.846 bits per heavy atom. The molecule has 2 amide bonds. The van der Waals surface area contributed by atoms with Crippen LogP contribution in [-0.2, 0) is 11.3 Å². The maximum absolute atomic E-state index is 14.6. The van der Waals surface area contributed by atoms with E-state index in [4.69, 9.17) is 14.2 Å². The van der Waals surface area contributed by atoms with E-state index in [2.05, 4.69) is 27.7 Å². The lowest BCUT2D eigenvalue weighted by molar-refractivity contribution is 0.0342. The van der Waals surface area contributed by atoms with Gasteiger partial charge in [0, 0.05) is 35.6 Å². The summed E-state index contributed by atoms with van der Waals surface area (Å²) in [5.74, 6) is -0.334. The van der Waals surface area contributed by atoms with E-state index >= 15 is 0 Å². The van der Waals surface area contributed by atoms with Crippen molar-refractivity contribution in [2.75, 3.05) is 50.2 Å². The van der Waals surface area contributed by atoms with Crippen LogP contribution in [0.25, 0.3) is 10.1 Å². The number of fused-ring (bicyclic) bond motifs is 2. The van der Waals surface area contributed by atoms with Crippen molar-refractivity contribution in [3.05, 3.63) is 82.5 Å². The first-order valence-corrected chi connectivity index (χ1v) is 13.5. The molecule has 0 spiro atoms. The number of hydrogen-bond acceptors (Lipinski definition) is 7. The Hall–Kier alpha value is -3.99. The number of nitrogens with zero attached hydrogens (tertiary/aromatic N) is 1. The van der Waals surface area contributed by atoms with Crippen LogP contribution in [0.1, 0.15) is 25.6 Å². The van der Waals surface area contributed by atoms with Gasteiger partial charge in [0.1, 0.15) is 19.0 Å². The van der Waals surface area contributed by atoms with Crippen LogP contribution in [0.3, 0.4) is 0 Å². The Bertz CT molecular complexity index is 1550. The fourth-order valence-electron chi connectivity index (χ4n) is 4.57. The van der Waals surface area contributed by atoms with Gasteiger partial charge in [0.15, 0.2) is 11.5 Å². The van der Waals surface area contributed by atoms with Crippen LogP contribution in [0.15, 0.2) is 60.7 Å². The largest absolute Gasteiger partial charge is 0.486 e. The van der Waals surface area contributed by atoms with Gasteiger partial charge in [-0.3, -0.25) is 14.5 Å². The standard InChI is InChI=1S/C29H26FN3O5S/c30-22-5-4-21(31-28(34)20-3-6-24-25(14-20)38-12-11-37-24)16-23(22)32-29(35)27-15-19-2-1-18(13-26(19)39-27)17-33-7-9-36-10-8-33/h1-6,13-16H,7-12,17H2,(H,31,34)(H,32,35). The van der Waals surface area contributed by atoms with Gasteiger partial charge in [-0.2, -0.15) is 0 Å². The molecule has 2 N–H and O–H groups in total. The molecule has 6 rings (SSSR count). The molecule has 2 aliphatic heterocycles. The summed E-state index contributed by atoms with van der Waals surface area (Å²) in [5, 5.41) is 6.35. The topological polar surface area (TPSA) is 89.1 Å². The summed E-state index contributed by atoms with van der Waals surface area (Å²) in [7, 11) is 0. The average molecular weight is 548 g/mol. The molecule has 3 heterocycles. The van der Waals surface area contributed by atoms with Gasteiger partial charge in [-0.15, -0.1) is 11.3 Å². The fourth-order valence-corrected chi connectivity index (χ4v) is 5.60. The number of benzene rings is 3. The van der Waals surface area contributed by atoms with Crippen molar-refractivity contribution in [1.82, 2.24) is 4.90 Å². The number of hydrogen-bond donors (Lipinski definition) is 2. The normalized spacial score (nSPS) is 15.2. The van der Waals surface area contributed by atoms with E-state index in [1.165, 1.54) is 35.1 Å². The van der Waals surface area contributed by atoms with Gasteiger partial charge >= 0.3 is 0 Å². The highest BCUT2D eigenvalue weighted by molar-refractivity contribution is 7.20. The van der Waals surface area contributed by atoms with Gasteiger partial charge in [0.25, 0.3) is 11.8 Å². The van der Waals surface area contributed by atoms with Crippen LogP contribution in [0.4, 0.5) is 15.8 Å². The van der Waals surface area contributed by atoms with Gasteiger partial charge in [0.2, 0.25) is 0 Å². The minimum atomic E-state index is -0.602. The molecule has 4 aromatic rings. The highest BCUT2D eigenvalue weighted by Gasteiger charge is 2.18. The monoisotopic (exact) mass is 547 g/mol. The van der Waals surface area contributed by atoms with E-state index in [9.17, 15) is 14.0 Å². The Morgan fingerprint density at radius 3 is 2.51 bits per heavy atom. The summed E-state index contributed by atoms with van der Waals surface area (Å²) in [6.45, 7) is 4.98. The first-order chi connectivity index (χ1) is 19.0. The molecule has 3 aromatic carbocycles. The summed E-state index contributed by atoms with van der Waals surface area (Å²) in [6, 6.07) is 16.9. The lowest BCUT2D eigenvalue weighted by Crippen LogP contribution is -2.35. The van der Waals surface area contributed by atoms with Crippen molar-refractivity contribution in [2.45, 2.75) is 6.54 Å². The van der Waals surface area contributed by atoms with E-state index in [1.807, 2.05) is 6.07 Å². The predicted molar refractivity (Wildman–Crippen MR) is 148 cm³/mol. The molecule has 0 saturated carbocycles. The van der Waals surface area contributed by atoms with E-state index in [0.717, 1.165) is 42.9 Å². The molecule has 0 atom stereocenters. The second kappa shape index (κ2) is 11.0. The Labute approximate surface area is 228 Å². The second-order valence-electron chi connectivity index (χ2n) is 9.33. The molecule has 10 heteroatoms. The Morgan fingerprint density at radius 2 is 1.67 bits per heavy atom. The van der Waals surface area contributed by atoms with Gasteiger partial charge in [-0.1, -0.05) is 12.1 Å². The zero-order valence-corrected chi connectivity index (χ0v) is 21.8. The number of nitrogens with one attached hydrogen (secondary N) is 2. The quantitative estimate of drug-likeness (QED) is 0.347. The second-order valence-corrected chi connectivity index (χ2v) is 10.4. The SMILES string of the molecule is O=C(Nc1ccc(F)c(NC(=O)c2cc3ccc(CN4CCOCC4)cc3s2)c1)c1ccc2c(c1)OCCO2. The van der Waals surface area contributed by atoms with E-state index in [1.54, 1.807) is 24.3 Å². The number of anilines is 2. The van der Waals surface area contributed by atoms with Gasteiger partial charge in [0.05, 0.1) is 23.8 Å². The number of amides is 2. The van der Waals surface area contributed by atoms with Crippen molar-refractivity contribution < 1.29 is 28.2 Å². The summed E-state index contributed by atoms with van der Waals surface area (Å²) >= 11 is 1.36. The summed E-state index contributed by atoms with van der Waals surface area (Å²) in [6.07, 6.45) is 0. The summed E-state index contributed by atoms with van der Waals surface area (Å²) < 4.78 is 32.0. The zero-order chi connectivity index (χ0) is 26.8. The molecule has 0 bridgehead atoms. The molecule has 2 aliphatic rings. The van der Waals surface area contributed by atoms with Crippen molar-refractivity contribution in [1.29, 1.82) is 0 Å². The third-order valence-corrected chi connectivity index (χ3v) is 7.69. The lowest BCUT2D eigenvalue weighted by Gasteiger charge is -2.26. The van der Waals surface area contributed by atoms with Crippen molar-refractivity contribution in [2.24, 2.45) is 0 Å². The molecular weight excluding hydrogens is 521 g/mol. The Kier molecular flexibility index (Phi) is 7.14. The molecule has 0 aliphatic carbocycles. The molecule has 200 valence electrons. The molecular formula is C29H26FN3O5S. The van der Waals surface area contributed by atoms with Crippen LogP contribution < -0.4 is 20.1 Å². The predicted octanol–water partition coefficient (Wildman–Crippen LogP) is 5.15. The van der Waals surface area contributed by atoms with Gasteiger partial charge in [-0.05, 0) is 59.5 Å². The maximum atomic E-state index is 14.6. The molecule has 1 aromatic heterocycles. The van der Waals surface area contributed by atoms with Crippen LogP contribution in [0.5, 0.6) is 11.5 Å². The molecule has 8 nitrogen and oxygen atoms in total. The van der Waals surface area contributed by atoms with Crippen LogP contribution >= 0.6 is 11.3 Å². The molecule has 39 heavy (non-hydrogen) atoms. The highest BCUT2D eigenvalue weighted by atomic mass is 32.1. The molecule has 0 unspecified atom stereocenters. The maximum Gasteiger partial charge on any atom is 0.265 e. The third-order valence-electron chi connectivity index (χ3n) is 6.59. The number of halogens is 1. The number of ether oxygens (including phenoxy) is 3. The van der Waals surface area contributed by atoms with E-state index in [0.29, 0.717) is 40.8 Å². The zero-order valence-electron chi connectivity index (χ0n) is 21.0. The number of rotatable bonds is 6. The number of carbonyl (C=O) groups excluding carboxylic acids is 2. The van der Waals surface area contributed by atoms with Crippen LogP contribution in [0, 0.1) is 5.82 Å². The minimum Gasteiger partial charge on any atom is -0.486 e. The van der Waals surface area contributed by atoms with Crippen LogP contribution in [0.2, 0.25) is 0 Å². The summed E-state index contributed by atoms with van der Waals surface area (Å²) in [5.41, 5.74) is 1.86. The van der Waals surface area contributed by atoms with Crippen LogP contribution in [-0.4, -0.2) is 56.2 Å². The van der Waals surface area contributed by atoms with E-state index < -0.39 is 17.6 Å². The lowest BCUT2D eigenvalue weighted by atomic mass is 10.1. The van der Waals surface area contributed by atoms with Crippen molar-refractivity contribution >= 4 is 44.6 Å². The Balaban J connectivity index is 1.14. The van der Waals surface area contributed by atoms with E-state index in [-0.39, 0.29) is 5.69 Å². The summed E-state index contributed by atoms with van der Waals surface area (Å²) in [4.78, 5) is 28.6. The molecule has 0 radical (unpaired) electrons. The number of thiophene rings is 1. The minimum absolute atomic E-state index is 0.0227.